The second-order valence-corrected chi connectivity index (χ2v) is 4.24. The molecule has 1 heterocycles. The van der Waals surface area contributed by atoms with Gasteiger partial charge in [0.2, 0.25) is 0 Å². The van der Waals surface area contributed by atoms with Gasteiger partial charge in [0.25, 0.3) is 0 Å². The number of oxazole rings is 1. The maximum atomic E-state index is 9.81. The third-order valence-corrected chi connectivity index (χ3v) is 2.58. The number of nitrogens with zero attached hydrogens (tertiary/aromatic N) is 1. The molecule has 0 aliphatic rings. The van der Waals surface area contributed by atoms with Crippen LogP contribution in [0.3, 0.4) is 0 Å². The Morgan fingerprint density at radius 3 is 2.44 bits per heavy atom. The lowest BCUT2D eigenvalue weighted by molar-refractivity contribution is -0.116. The van der Waals surface area contributed by atoms with Gasteiger partial charge in [0.1, 0.15) is 5.78 Å². The molecule has 0 saturated carbocycles. The van der Waals surface area contributed by atoms with E-state index in [2.05, 4.69) is 37.0 Å². The number of hydrogen-bond donors (Lipinski definition) is 0. The third kappa shape index (κ3) is 4.17. The lowest BCUT2D eigenvalue weighted by Crippen LogP contribution is -1.82. The molecule has 1 aromatic heterocycles. The molecule has 3 nitrogen and oxygen atoms in total. The quantitative estimate of drug-likeness (QED) is 0.804. The van der Waals surface area contributed by atoms with Gasteiger partial charge in [-0.2, -0.15) is 0 Å². The molecule has 0 spiro atoms. The van der Waals surface area contributed by atoms with Gasteiger partial charge in [0, 0.05) is 12.0 Å². The predicted octanol–water partition coefficient (Wildman–Crippen LogP) is 3.94. The van der Waals surface area contributed by atoms with Gasteiger partial charge in [-0.3, -0.25) is 0 Å². The highest BCUT2D eigenvalue weighted by Crippen LogP contribution is 2.23. The molecule has 96 valence electrons. The minimum Gasteiger partial charge on any atom is -0.444 e. The largest absolute Gasteiger partial charge is 0.444 e. The fraction of sp³-hybridized carbons (Fsp3) is 0.333. The highest BCUT2D eigenvalue weighted by molar-refractivity contribution is 5.74. The van der Waals surface area contributed by atoms with Crippen LogP contribution in [-0.2, 0) is 4.79 Å². The molecule has 0 fully saturated rings. The van der Waals surface area contributed by atoms with Crippen molar-refractivity contribution in [3.05, 3.63) is 41.9 Å². The Bertz CT molecular complexity index is 501. The summed E-state index contributed by atoms with van der Waals surface area (Å²) < 4.78 is 5.23. The second kappa shape index (κ2) is 6.74. The van der Waals surface area contributed by atoms with Crippen molar-refractivity contribution in [2.24, 2.45) is 0 Å². The van der Waals surface area contributed by atoms with Crippen LogP contribution in [0.5, 0.6) is 0 Å². The zero-order valence-electron chi connectivity index (χ0n) is 11.4. The summed E-state index contributed by atoms with van der Waals surface area (Å²) in [7, 11) is 0. The lowest BCUT2D eigenvalue weighted by atomic mass is 10.0. The molecule has 0 atom stereocenters. The van der Waals surface area contributed by atoms with Crippen molar-refractivity contribution in [1.29, 1.82) is 0 Å². The number of carbonyl (C=O) groups excluding carboxylic acids is 1. The van der Waals surface area contributed by atoms with Crippen LogP contribution < -0.4 is 0 Å². The van der Waals surface area contributed by atoms with Crippen molar-refractivity contribution >= 4 is 5.78 Å². The zero-order chi connectivity index (χ0) is 13.5. The molecule has 0 bridgehead atoms. The summed E-state index contributed by atoms with van der Waals surface area (Å²) in [5.41, 5.74) is 3.60. The molecule has 0 N–H and O–H groups in total. The first-order valence-corrected chi connectivity index (χ1v) is 6.00. The minimum atomic E-state index is 0.255. The maximum absolute atomic E-state index is 9.81. The maximum Gasteiger partial charge on any atom is 0.181 e. The predicted molar refractivity (Wildman–Crippen MR) is 72.4 cm³/mol. The molecular weight excluding hydrogens is 226 g/mol. The summed E-state index contributed by atoms with van der Waals surface area (Å²) in [4.78, 5) is 13.7. The monoisotopic (exact) mass is 245 g/mol. The van der Waals surface area contributed by atoms with E-state index in [1.807, 2.05) is 6.92 Å². The van der Waals surface area contributed by atoms with Crippen LogP contribution in [0.2, 0.25) is 0 Å². The molecule has 0 radical (unpaired) electrons. The number of hydrogen-bond acceptors (Lipinski definition) is 3. The average Bonchev–Trinajstić information content (AvgIpc) is 2.83. The van der Waals surface area contributed by atoms with Crippen LogP contribution in [0.15, 0.2) is 35.2 Å². The van der Waals surface area contributed by atoms with Crippen molar-refractivity contribution in [2.45, 2.75) is 34.1 Å². The van der Waals surface area contributed by atoms with Crippen molar-refractivity contribution in [1.82, 2.24) is 4.98 Å². The Kier molecular flexibility index (Phi) is 5.31. The molecule has 0 unspecified atom stereocenters. The number of benzene rings is 1. The number of Topliss-reactive ketones (excluding diaryl/α,β-unsaturated/α-hetero) is 1. The van der Waals surface area contributed by atoms with Crippen molar-refractivity contribution in [3.8, 4) is 11.3 Å². The minimum absolute atomic E-state index is 0.255. The van der Waals surface area contributed by atoms with Gasteiger partial charge in [-0.25, -0.2) is 4.98 Å². The molecule has 0 amide bonds. The molecule has 0 aliphatic heterocycles. The van der Waals surface area contributed by atoms with Gasteiger partial charge in [-0.1, -0.05) is 30.7 Å². The van der Waals surface area contributed by atoms with Crippen LogP contribution >= 0.6 is 0 Å². The summed E-state index contributed by atoms with van der Waals surface area (Å²) in [5.74, 6) is 1.09. The average molecular weight is 245 g/mol. The van der Waals surface area contributed by atoms with E-state index in [9.17, 15) is 4.79 Å². The van der Waals surface area contributed by atoms with Crippen molar-refractivity contribution in [2.75, 3.05) is 0 Å². The zero-order valence-corrected chi connectivity index (χ0v) is 11.4. The van der Waals surface area contributed by atoms with Gasteiger partial charge in [-0.05, 0) is 26.3 Å². The van der Waals surface area contributed by atoms with E-state index in [4.69, 9.17) is 4.42 Å². The standard InChI is InChI=1S/C11H11NO.C4H8O/c1-8-3-4-10(9(2)5-8)11-6-12-7-13-11;1-3-4(2)5/h3-7H,1-2H3;3H2,1-2H3. The number of rotatable bonds is 2. The SMILES string of the molecule is CCC(C)=O.Cc1ccc(-c2cnco2)c(C)c1. The Hall–Kier alpha value is -1.90. The first-order chi connectivity index (χ1) is 8.54. The lowest BCUT2D eigenvalue weighted by Gasteiger charge is -2.02. The van der Waals surface area contributed by atoms with Crippen LogP contribution in [-0.4, -0.2) is 10.8 Å². The van der Waals surface area contributed by atoms with Gasteiger partial charge < -0.3 is 9.21 Å². The van der Waals surface area contributed by atoms with Crippen LogP contribution in [0, 0.1) is 13.8 Å². The van der Waals surface area contributed by atoms with Gasteiger partial charge in [0.05, 0.1) is 6.20 Å². The third-order valence-electron chi connectivity index (χ3n) is 2.58. The molecule has 18 heavy (non-hydrogen) atoms. The van der Waals surface area contributed by atoms with Gasteiger partial charge in [-0.15, -0.1) is 0 Å². The number of aryl methyl sites for hydroxylation is 2. The summed E-state index contributed by atoms with van der Waals surface area (Å²) in [5, 5.41) is 0. The molecule has 0 aliphatic carbocycles. The van der Waals surface area contributed by atoms with Gasteiger partial charge >= 0.3 is 0 Å². The summed E-state index contributed by atoms with van der Waals surface area (Å²) in [6.45, 7) is 7.59. The van der Waals surface area contributed by atoms with Crippen molar-refractivity contribution < 1.29 is 9.21 Å². The molecule has 1 aromatic carbocycles. The Balaban J connectivity index is 0.000000280. The summed E-state index contributed by atoms with van der Waals surface area (Å²) >= 11 is 0. The van der Waals surface area contributed by atoms with E-state index in [1.54, 1.807) is 13.1 Å². The number of aromatic nitrogens is 1. The smallest absolute Gasteiger partial charge is 0.181 e. The van der Waals surface area contributed by atoms with E-state index in [0.29, 0.717) is 6.42 Å². The van der Waals surface area contributed by atoms with E-state index >= 15 is 0 Å². The summed E-state index contributed by atoms with van der Waals surface area (Å²) in [6.07, 6.45) is 3.85. The van der Waals surface area contributed by atoms with Crippen LogP contribution in [0.1, 0.15) is 31.4 Å². The van der Waals surface area contributed by atoms with E-state index in [-0.39, 0.29) is 5.78 Å². The highest BCUT2D eigenvalue weighted by Gasteiger charge is 2.03. The molecular formula is C15H19NO2. The first kappa shape index (κ1) is 14.2. The second-order valence-electron chi connectivity index (χ2n) is 4.24. The topological polar surface area (TPSA) is 43.1 Å². The molecule has 2 rings (SSSR count). The fourth-order valence-corrected chi connectivity index (χ4v) is 1.44. The molecule has 2 aromatic rings. The highest BCUT2D eigenvalue weighted by atomic mass is 16.3. The van der Waals surface area contributed by atoms with Gasteiger partial charge in [0.15, 0.2) is 12.2 Å². The summed E-state index contributed by atoms with van der Waals surface area (Å²) in [6, 6.07) is 6.27. The Morgan fingerprint density at radius 1 is 1.33 bits per heavy atom. The van der Waals surface area contributed by atoms with E-state index < -0.39 is 0 Å². The number of carbonyl (C=O) groups is 1. The van der Waals surface area contributed by atoms with E-state index in [1.165, 1.54) is 17.5 Å². The Labute approximate surface area is 108 Å². The first-order valence-electron chi connectivity index (χ1n) is 6.00. The Morgan fingerprint density at radius 2 is 2.00 bits per heavy atom. The molecule has 3 heteroatoms. The van der Waals surface area contributed by atoms with E-state index in [0.717, 1.165) is 11.3 Å². The normalized spacial score (nSPS) is 9.56. The van der Waals surface area contributed by atoms with Crippen LogP contribution in [0.25, 0.3) is 11.3 Å². The number of ketones is 1. The van der Waals surface area contributed by atoms with Crippen molar-refractivity contribution in [3.63, 3.8) is 0 Å². The molecule has 0 saturated heterocycles. The fourth-order valence-electron chi connectivity index (χ4n) is 1.44. The van der Waals surface area contributed by atoms with Crippen LogP contribution in [0.4, 0.5) is 0 Å².